The predicted octanol–water partition coefficient (Wildman–Crippen LogP) is 1.82. The van der Waals surface area contributed by atoms with Crippen LogP contribution in [0.25, 0.3) is 0 Å². The van der Waals surface area contributed by atoms with Crippen molar-refractivity contribution in [3.05, 3.63) is 29.8 Å². The van der Waals surface area contributed by atoms with Gasteiger partial charge < -0.3 is 20.7 Å². The molecule has 0 aliphatic carbocycles. The number of methoxy groups -OCH3 is 1. The Labute approximate surface area is 185 Å². The highest BCUT2D eigenvalue weighted by Gasteiger charge is 2.31. The zero-order valence-electron chi connectivity index (χ0n) is 17.5. The van der Waals surface area contributed by atoms with E-state index in [0.29, 0.717) is 30.5 Å². The Balaban J connectivity index is 0.00000392. The smallest absolute Gasteiger partial charge is 0.239 e. The number of nitrogens with one attached hydrogen (secondary N) is 3. The third-order valence-corrected chi connectivity index (χ3v) is 4.98. The zero-order valence-corrected chi connectivity index (χ0v) is 19.8. The van der Waals surface area contributed by atoms with E-state index in [1.807, 2.05) is 24.3 Å². The molecule has 7 nitrogen and oxygen atoms in total. The molecule has 158 valence electrons. The number of nitrogens with zero attached hydrogens (tertiary/aromatic N) is 2. The number of hydrogen-bond acceptors (Lipinski definition) is 4. The Morgan fingerprint density at radius 3 is 2.46 bits per heavy atom. The van der Waals surface area contributed by atoms with Crippen LogP contribution >= 0.6 is 24.0 Å². The SMILES string of the molecule is CN=C(NCC(=O)NCc1ccc(OC)cc1)NC1CN(C(C)C)CC1C.I. The van der Waals surface area contributed by atoms with Gasteiger partial charge in [0.15, 0.2) is 5.96 Å². The van der Waals surface area contributed by atoms with Gasteiger partial charge in [-0.1, -0.05) is 19.1 Å². The summed E-state index contributed by atoms with van der Waals surface area (Å²) in [6.45, 7) is 9.42. The Kier molecular flexibility index (Phi) is 10.6. The first kappa shape index (κ1) is 24.5. The topological polar surface area (TPSA) is 78.0 Å². The first-order valence-electron chi connectivity index (χ1n) is 9.53. The molecule has 2 unspecified atom stereocenters. The molecular weight excluding hydrogens is 469 g/mol. The van der Waals surface area contributed by atoms with E-state index in [1.54, 1.807) is 14.2 Å². The summed E-state index contributed by atoms with van der Waals surface area (Å²) in [5.41, 5.74) is 1.03. The van der Waals surface area contributed by atoms with Gasteiger partial charge in [-0.3, -0.25) is 14.7 Å². The molecular formula is C20H34IN5O2. The lowest BCUT2D eigenvalue weighted by atomic mass is 10.1. The second-order valence-electron chi connectivity index (χ2n) is 7.33. The van der Waals surface area contributed by atoms with Crippen molar-refractivity contribution < 1.29 is 9.53 Å². The molecule has 1 aromatic rings. The van der Waals surface area contributed by atoms with Crippen molar-refractivity contribution in [2.24, 2.45) is 10.9 Å². The van der Waals surface area contributed by atoms with E-state index in [1.165, 1.54) is 0 Å². The van der Waals surface area contributed by atoms with Crippen LogP contribution in [0, 0.1) is 5.92 Å². The monoisotopic (exact) mass is 503 g/mol. The number of carbonyl (C=O) groups excluding carboxylic acids is 1. The highest BCUT2D eigenvalue weighted by molar-refractivity contribution is 14.0. The maximum absolute atomic E-state index is 12.1. The van der Waals surface area contributed by atoms with Crippen molar-refractivity contribution in [2.75, 3.05) is 33.8 Å². The molecule has 0 radical (unpaired) electrons. The molecule has 1 aliphatic rings. The third kappa shape index (κ3) is 7.46. The van der Waals surface area contributed by atoms with Crippen molar-refractivity contribution in [1.82, 2.24) is 20.9 Å². The van der Waals surface area contributed by atoms with Crippen LogP contribution in [-0.2, 0) is 11.3 Å². The van der Waals surface area contributed by atoms with Gasteiger partial charge in [-0.25, -0.2) is 0 Å². The summed E-state index contributed by atoms with van der Waals surface area (Å²) >= 11 is 0. The number of hydrogen-bond donors (Lipinski definition) is 3. The predicted molar refractivity (Wildman–Crippen MR) is 124 cm³/mol. The molecule has 2 rings (SSSR count). The van der Waals surface area contributed by atoms with Crippen molar-refractivity contribution in [3.63, 3.8) is 0 Å². The first-order chi connectivity index (χ1) is 12.9. The molecule has 28 heavy (non-hydrogen) atoms. The molecule has 1 saturated heterocycles. The quantitative estimate of drug-likeness (QED) is 0.301. The molecule has 1 heterocycles. The molecule has 1 aromatic carbocycles. The van der Waals surface area contributed by atoms with E-state index >= 15 is 0 Å². The second-order valence-corrected chi connectivity index (χ2v) is 7.33. The fourth-order valence-corrected chi connectivity index (χ4v) is 3.15. The van der Waals surface area contributed by atoms with E-state index in [9.17, 15) is 4.79 Å². The first-order valence-corrected chi connectivity index (χ1v) is 9.53. The molecule has 2 atom stereocenters. The van der Waals surface area contributed by atoms with Crippen LogP contribution in [0.3, 0.4) is 0 Å². The lowest BCUT2D eigenvalue weighted by Crippen LogP contribution is -2.49. The standard InChI is InChI=1S/C20H33N5O2.HI/c1-14(2)25-12-15(3)18(13-25)24-20(21-4)23-11-19(26)22-10-16-6-8-17(27-5)9-7-16;/h6-9,14-15,18H,10-13H2,1-5H3,(H,22,26)(H2,21,23,24);1H. The van der Waals surface area contributed by atoms with Crippen LogP contribution in [0.4, 0.5) is 0 Å². The Hall–Kier alpha value is -1.55. The summed E-state index contributed by atoms with van der Waals surface area (Å²) in [6, 6.07) is 8.52. The van der Waals surface area contributed by atoms with Crippen molar-refractivity contribution in [1.29, 1.82) is 0 Å². The number of halogens is 1. The molecule has 8 heteroatoms. The van der Waals surface area contributed by atoms with Gasteiger partial charge in [0.05, 0.1) is 13.7 Å². The summed E-state index contributed by atoms with van der Waals surface area (Å²) in [7, 11) is 3.36. The zero-order chi connectivity index (χ0) is 19.8. The molecule has 1 fully saturated rings. The van der Waals surface area contributed by atoms with E-state index < -0.39 is 0 Å². The number of carbonyl (C=O) groups is 1. The lowest BCUT2D eigenvalue weighted by molar-refractivity contribution is -0.120. The summed E-state index contributed by atoms with van der Waals surface area (Å²) in [5, 5.41) is 9.46. The molecule has 1 aliphatic heterocycles. The molecule has 0 saturated carbocycles. The highest BCUT2D eigenvalue weighted by atomic mass is 127. The fraction of sp³-hybridized carbons (Fsp3) is 0.600. The Morgan fingerprint density at radius 1 is 1.25 bits per heavy atom. The summed E-state index contributed by atoms with van der Waals surface area (Å²) < 4.78 is 5.13. The van der Waals surface area contributed by atoms with Crippen LogP contribution in [0.2, 0.25) is 0 Å². The van der Waals surface area contributed by atoms with Crippen molar-refractivity contribution in [2.45, 2.75) is 39.4 Å². The van der Waals surface area contributed by atoms with Gasteiger partial charge in [0, 0.05) is 38.8 Å². The average molecular weight is 503 g/mol. The minimum absolute atomic E-state index is 0. The van der Waals surface area contributed by atoms with Gasteiger partial charge >= 0.3 is 0 Å². The normalized spacial score (nSPS) is 19.9. The number of benzene rings is 1. The van der Waals surface area contributed by atoms with Crippen molar-refractivity contribution >= 4 is 35.8 Å². The van der Waals surface area contributed by atoms with E-state index in [0.717, 1.165) is 24.4 Å². The fourth-order valence-electron chi connectivity index (χ4n) is 3.15. The van der Waals surface area contributed by atoms with Crippen LogP contribution in [0.15, 0.2) is 29.3 Å². The van der Waals surface area contributed by atoms with E-state index in [2.05, 4.69) is 46.6 Å². The largest absolute Gasteiger partial charge is 0.497 e. The molecule has 0 bridgehead atoms. The van der Waals surface area contributed by atoms with Crippen LogP contribution in [0.5, 0.6) is 5.75 Å². The minimum atomic E-state index is -0.0722. The number of aliphatic imine (C=N–C) groups is 1. The van der Waals surface area contributed by atoms with Gasteiger partial charge in [-0.15, -0.1) is 24.0 Å². The van der Waals surface area contributed by atoms with Crippen LogP contribution in [0.1, 0.15) is 26.3 Å². The summed E-state index contributed by atoms with van der Waals surface area (Å²) in [5.74, 6) is 1.93. The Morgan fingerprint density at radius 2 is 1.93 bits per heavy atom. The van der Waals surface area contributed by atoms with Gasteiger partial charge in [-0.05, 0) is 37.5 Å². The maximum atomic E-state index is 12.1. The number of guanidine groups is 1. The number of ether oxygens (including phenoxy) is 1. The lowest BCUT2D eigenvalue weighted by Gasteiger charge is -2.21. The van der Waals surface area contributed by atoms with Crippen molar-refractivity contribution in [3.8, 4) is 5.75 Å². The minimum Gasteiger partial charge on any atom is -0.497 e. The van der Waals surface area contributed by atoms with Gasteiger partial charge in [0.1, 0.15) is 5.75 Å². The third-order valence-electron chi connectivity index (χ3n) is 4.98. The van der Waals surface area contributed by atoms with Gasteiger partial charge in [0.25, 0.3) is 0 Å². The number of amides is 1. The highest BCUT2D eigenvalue weighted by Crippen LogP contribution is 2.18. The summed E-state index contributed by atoms with van der Waals surface area (Å²) in [6.07, 6.45) is 0. The van der Waals surface area contributed by atoms with Crippen LogP contribution in [-0.4, -0.2) is 62.6 Å². The number of likely N-dealkylation sites (tertiary alicyclic amines) is 1. The average Bonchev–Trinajstić information content (AvgIpc) is 3.04. The second kappa shape index (κ2) is 12.1. The maximum Gasteiger partial charge on any atom is 0.239 e. The van der Waals surface area contributed by atoms with Gasteiger partial charge in [-0.2, -0.15) is 0 Å². The molecule has 0 aromatic heterocycles. The summed E-state index contributed by atoms with van der Waals surface area (Å²) in [4.78, 5) is 18.8. The molecule has 0 spiro atoms. The Bertz CT molecular complexity index is 636. The van der Waals surface area contributed by atoms with Crippen LogP contribution < -0.4 is 20.7 Å². The van der Waals surface area contributed by atoms with Gasteiger partial charge in [0.2, 0.25) is 5.91 Å². The number of rotatable bonds is 7. The molecule has 3 N–H and O–H groups in total. The van der Waals surface area contributed by atoms with E-state index in [4.69, 9.17) is 4.74 Å². The van der Waals surface area contributed by atoms with E-state index in [-0.39, 0.29) is 36.4 Å². The molecule has 1 amide bonds.